The maximum absolute atomic E-state index is 12.9. The van der Waals surface area contributed by atoms with Gasteiger partial charge in [-0.2, -0.15) is 4.31 Å². The van der Waals surface area contributed by atoms with Crippen molar-refractivity contribution in [1.29, 1.82) is 0 Å². The standard InChI is InChI=1S/C18H23N3O3S/c1-4-21(13-18(22)20-12-16-6-5-9-19-11-16)25(23,24)17-10-14(2)7-8-15(17)3/h5-11H,4,12-13H2,1-3H3,(H,20,22). The number of amides is 1. The maximum atomic E-state index is 12.9. The van der Waals surface area contributed by atoms with Gasteiger partial charge in [0.15, 0.2) is 0 Å². The van der Waals surface area contributed by atoms with Gasteiger partial charge in [0.25, 0.3) is 0 Å². The lowest BCUT2D eigenvalue weighted by Gasteiger charge is -2.21. The lowest BCUT2D eigenvalue weighted by Crippen LogP contribution is -2.40. The zero-order valence-corrected chi connectivity index (χ0v) is 15.5. The summed E-state index contributed by atoms with van der Waals surface area (Å²) in [5.74, 6) is -0.348. The Morgan fingerprint density at radius 1 is 1.24 bits per heavy atom. The van der Waals surface area contributed by atoms with E-state index < -0.39 is 10.0 Å². The molecule has 134 valence electrons. The van der Waals surface area contributed by atoms with Crippen molar-refractivity contribution in [2.24, 2.45) is 0 Å². The number of likely N-dealkylation sites (N-methyl/N-ethyl adjacent to an activating group) is 1. The summed E-state index contributed by atoms with van der Waals surface area (Å²) in [7, 11) is -3.72. The summed E-state index contributed by atoms with van der Waals surface area (Å²) in [5.41, 5.74) is 2.39. The minimum atomic E-state index is -3.72. The number of carbonyl (C=O) groups excluding carboxylic acids is 1. The molecule has 1 aromatic carbocycles. The number of rotatable bonds is 7. The van der Waals surface area contributed by atoms with Crippen LogP contribution in [0.3, 0.4) is 0 Å². The first-order valence-corrected chi connectivity index (χ1v) is 9.51. The normalized spacial score (nSPS) is 11.5. The molecule has 1 heterocycles. The fraction of sp³-hybridized carbons (Fsp3) is 0.333. The summed E-state index contributed by atoms with van der Waals surface area (Å²) in [6, 6.07) is 8.91. The first kappa shape index (κ1) is 19.1. The van der Waals surface area contributed by atoms with Crippen molar-refractivity contribution in [3.8, 4) is 0 Å². The Morgan fingerprint density at radius 2 is 2.00 bits per heavy atom. The molecule has 7 heteroatoms. The van der Waals surface area contributed by atoms with E-state index in [0.29, 0.717) is 12.1 Å². The number of aromatic nitrogens is 1. The van der Waals surface area contributed by atoms with Crippen molar-refractivity contribution in [1.82, 2.24) is 14.6 Å². The van der Waals surface area contributed by atoms with E-state index in [1.165, 1.54) is 4.31 Å². The van der Waals surface area contributed by atoms with Crippen LogP contribution in [0.2, 0.25) is 0 Å². The Labute approximate surface area is 148 Å². The fourth-order valence-corrected chi connectivity index (χ4v) is 4.13. The third-order valence-electron chi connectivity index (χ3n) is 3.85. The Bertz CT molecular complexity index is 836. The van der Waals surface area contributed by atoms with Gasteiger partial charge in [-0.25, -0.2) is 8.42 Å². The SMILES string of the molecule is CCN(CC(=O)NCc1cccnc1)S(=O)(=O)c1cc(C)ccc1C. The lowest BCUT2D eigenvalue weighted by atomic mass is 10.2. The Hall–Kier alpha value is -2.25. The van der Waals surface area contributed by atoms with Crippen LogP contribution in [-0.4, -0.2) is 36.7 Å². The van der Waals surface area contributed by atoms with Gasteiger partial charge in [-0.15, -0.1) is 0 Å². The molecule has 2 rings (SSSR count). The molecule has 0 fully saturated rings. The van der Waals surface area contributed by atoms with E-state index in [9.17, 15) is 13.2 Å². The summed E-state index contributed by atoms with van der Waals surface area (Å²) >= 11 is 0. The van der Waals surface area contributed by atoms with Crippen LogP contribution in [0.4, 0.5) is 0 Å². The zero-order chi connectivity index (χ0) is 18.4. The van der Waals surface area contributed by atoms with Crippen LogP contribution >= 0.6 is 0 Å². The van der Waals surface area contributed by atoms with Crippen LogP contribution in [0.15, 0.2) is 47.6 Å². The number of hydrogen-bond acceptors (Lipinski definition) is 4. The van der Waals surface area contributed by atoms with E-state index in [4.69, 9.17) is 0 Å². The smallest absolute Gasteiger partial charge is 0.243 e. The Balaban J connectivity index is 2.10. The summed E-state index contributed by atoms with van der Waals surface area (Å²) in [6.45, 7) is 5.63. The van der Waals surface area contributed by atoms with E-state index >= 15 is 0 Å². The van der Waals surface area contributed by atoms with Gasteiger partial charge in [-0.05, 0) is 42.7 Å². The highest BCUT2D eigenvalue weighted by Crippen LogP contribution is 2.21. The highest BCUT2D eigenvalue weighted by Gasteiger charge is 2.26. The molecular weight excluding hydrogens is 338 g/mol. The van der Waals surface area contributed by atoms with Gasteiger partial charge in [-0.1, -0.05) is 25.1 Å². The van der Waals surface area contributed by atoms with Crippen molar-refractivity contribution < 1.29 is 13.2 Å². The molecular formula is C18H23N3O3S. The molecule has 0 aliphatic heterocycles. The molecule has 0 unspecified atom stereocenters. The topological polar surface area (TPSA) is 79.4 Å². The van der Waals surface area contributed by atoms with E-state index in [0.717, 1.165) is 11.1 Å². The van der Waals surface area contributed by atoms with Gasteiger partial charge < -0.3 is 5.32 Å². The second kappa shape index (κ2) is 8.22. The van der Waals surface area contributed by atoms with Gasteiger partial charge in [0.1, 0.15) is 0 Å². The summed E-state index contributed by atoms with van der Waals surface area (Å²) in [5, 5.41) is 2.73. The van der Waals surface area contributed by atoms with E-state index in [2.05, 4.69) is 10.3 Å². The van der Waals surface area contributed by atoms with Crippen molar-refractivity contribution in [2.45, 2.75) is 32.2 Å². The Kier molecular flexibility index (Phi) is 6.27. The third-order valence-corrected chi connectivity index (χ3v) is 5.91. The minimum Gasteiger partial charge on any atom is -0.351 e. The van der Waals surface area contributed by atoms with Crippen LogP contribution in [0.1, 0.15) is 23.6 Å². The number of aryl methyl sites for hydroxylation is 2. The molecule has 6 nitrogen and oxygen atoms in total. The molecule has 1 amide bonds. The summed E-state index contributed by atoms with van der Waals surface area (Å²) < 4.78 is 27.0. The van der Waals surface area contributed by atoms with Crippen molar-refractivity contribution in [2.75, 3.05) is 13.1 Å². The average molecular weight is 361 g/mol. The molecule has 0 aliphatic rings. The molecule has 0 aliphatic carbocycles. The van der Waals surface area contributed by atoms with Gasteiger partial charge in [0.2, 0.25) is 15.9 Å². The largest absolute Gasteiger partial charge is 0.351 e. The first-order chi connectivity index (χ1) is 11.8. The number of hydrogen-bond donors (Lipinski definition) is 1. The number of nitrogens with one attached hydrogen (secondary N) is 1. The second-order valence-electron chi connectivity index (χ2n) is 5.84. The van der Waals surface area contributed by atoms with Gasteiger partial charge in [0, 0.05) is 25.5 Å². The van der Waals surface area contributed by atoms with E-state index in [1.807, 2.05) is 19.1 Å². The Morgan fingerprint density at radius 3 is 2.64 bits per heavy atom. The molecule has 0 bridgehead atoms. The summed E-state index contributed by atoms with van der Waals surface area (Å²) in [6.07, 6.45) is 3.31. The fourth-order valence-electron chi connectivity index (χ4n) is 2.41. The molecule has 0 saturated carbocycles. The molecule has 1 N–H and O–H groups in total. The molecule has 0 radical (unpaired) electrons. The number of nitrogens with zero attached hydrogens (tertiary/aromatic N) is 2. The van der Waals surface area contributed by atoms with Crippen molar-refractivity contribution >= 4 is 15.9 Å². The van der Waals surface area contributed by atoms with E-state index in [-0.39, 0.29) is 23.9 Å². The number of pyridine rings is 1. The third kappa shape index (κ3) is 4.87. The number of sulfonamides is 1. The molecule has 0 saturated heterocycles. The van der Waals surface area contributed by atoms with Crippen LogP contribution in [0, 0.1) is 13.8 Å². The van der Waals surface area contributed by atoms with Crippen molar-refractivity contribution in [3.63, 3.8) is 0 Å². The quantitative estimate of drug-likeness (QED) is 0.818. The molecule has 0 spiro atoms. The first-order valence-electron chi connectivity index (χ1n) is 8.07. The van der Waals surface area contributed by atoms with Crippen LogP contribution in [0.5, 0.6) is 0 Å². The van der Waals surface area contributed by atoms with Gasteiger partial charge in [-0.3, -0.25) is 9.78 Å². The number of benzene rings is 1. The predicted octanol–water partition coefficient (Wildman–Crippen LogP) is 2.03. The lowest BCUT2D eigenvalue weighted by molar-refractivity contribution is -0.121. The average Bonchev–Trinajstić information content (AvgIpc) is 2.60. The molecule has 25 heavy (non-hydrogen) atoms. The van der Waals surface area contributed by atoms with Gasteiger partial charge >= 0.3 is 0 Å². The predicted molar refractivity (Wildman–Crippen MR) is 96.4 cm³/mol. The minimum absolute atomic E-state index is 0.216. The van der Waals surface area contributed by atoms with E-state index in [1.54, 1.807) is 44.4 Å². The highest BCUT2D eigenvalue weighted by atomic mass is 32.2. The zero-order valence-electron chi connectivity index (χ0n) is 14.7. The van der Waals surface area contributed by atoms with Crippen LogP contribution in [0.25, 0.3) is 0 Å². The molecule has 2 aromatic rings. The summed E-state index contributed by atoms with van der Waals surface area (Å²) in [4.78, 5) is 16.4. The molecule has 0 atom stereocenters. The van der Waals surface area contributed by atoms with Crippen LogP contribution < -0.4 is 5.32 Å². The number of carbonyl (C=O) groups is 1. The maximum Gasteiger partial charge on any atom is 0.243 e. The molecule has 1 aromatic heterocycles. The monoisotopic (exact) mass is 361 g/mol. The van der Waals surface area contributed by atoms with Crippen molar-refractivity contribution in [3.05, 3.63) is 59.4 Å². The van der Waals surface area contributed by atoms with Crippen LogP contribution in [-0.2, 0) is 21.4 Å². The van der Waals surface area contributed by atoms with Gasteiger partial charge in [0.05, 0.1) is 11.4 Å². The highest BCUT2D eigenvalue weighted by molar-refractivity contribution is 7.89. The second-order valence-corrected chi connectivity index (χ2v) is 7.74.